The van der Waals surface area contributed by atoms with Gasteiger partial charge in [-0.1, -0.05) is 18.2 Å². The minimum absolute atomic E-state index is 0.631. The summed E-state index contributed by atoms with van der Waals surface area (Å²) in [7, 11) is 0. The molecule has 0 aliphatic heterocycles. The molecule has 20 heavy (non-hydrogen) atoms. The van der Waals surface area contributed by atoms with Crippen molar-refractivity contribution in [3.05, 3.63) is 52.8 Å². The zero-order valence-electron chi connectivity index (χ0n) is 11.5. The Bertz CT molecular complexity index is 817. The number of ether oxygens (including phenoxy) is 1. The summed E-state index contributed by atoms with van der Waals surface area (Å²) in [4.78, 5) is 3.24. The molecule has 102 valence electrons. The number of hydrogen-bond donors (Lipinski definition) is 1. The van der Waals surface area contributed by atoms with Crippen LogP contribution >= 0.6 is 12.2 Å². The van der Waals surface area contributed by atoms with Crippen molar-refractivity contribution in [2.45, 2.75) is 13.8 Å². The van der Waals surface area contributed by atoms with Crippen LogP contribution in [-0.2, 0) is 0 Å². The molecule has 0 saturated heterocycles. The van der Waals surface area contributed by atoms with Crippen LogP contribution in [0.2, 0.25) is 0 Å². The topological polar surface area (TPSA) is 29.9 Å². The Kier molecular flexibility index (Phi) is 3.32. The third-order valence-corrected chi connectivity index (χ3v) is 3.53. The molecular weight excluding hydrogens is 268 g/mol. The van der Waals surface area contributed by atoms with Crippen LogP contribution in [0.3, 0.4) is 0 Å². The van der Waals surface area contributed by atoms with Crippen LogP contribution in [0.5, 0.6) is 5.75 Å². The Labute approximate surface area is 122 Å². The van der Waals surface area contributed by atoms with Gasteiger partial charge in [0.05, 0.1) is 23.3 Å². The van der Waals surface area contributed by atoms with E-state index >= 15 is 0 Å². The van der Waals surface area contributed by atoms with Crippen molar-refractivity contribution in [2.24, 2.45) is 0 Å². The maximum atomic E-state index is 5.71. The van der Waals surface area contributed by atoms with Crippen molar-refractivity contribution in [3.8, 4) is 11.4 Å². The molecule has 1 heterocycles. The number of H-pyrrole nitrogens is 1. The van der Waals surface area contributed by atoms with Gasteiger partial charge in [-0.15, -0.1) is 0 Å². The fourth-order valence-electron chi connectivity index (χ4n) is 2.37. The molecule has 4 heteroatoms. The van der Waals surface area contributed by atoms with Gasteiger partial charge >= 0.3 is 0 Å². The number of nitrogens with zero attached hydrogens (tertiary/aromatic N) is 1. The van der Waals surface area contributed by atoms with E-state index < -0.39 is 0 Å². The minimum atomic E-state index is 0.631. The van der Waals surface area contributed by atoms with Crippen LogP contribution in [0, 0.1) is 11.7 Å². The van der Waals surface area contributed by atoms with Gasteiger partial charge in [-0.25, -0.2) is 0 Å². The second-order valence-corrected chi connectivity index (χ2v) is 5.07. The highest BCUT2D eigenvalue weighted by Gasteiger charge is 2.10. The van der Waals surface area contributed by atoms with E-state index in [-0.39, 0.29) is 0 Å². The Morgan fingerprint density at radius 3 is 2.80 bits per heavy atom. The molecule has 3 rings (SSSR count). The molecule has 3 nitrogen and oxygen atoms in total. The minimum Gasteiger partial charge on any atom is -0.492 e. The molecule has 1 N–H and O–H groups in total. The lowest BCUT2D eigenvalue weighted by molar-refractivity contribution is 0.339. The first-order valence-electron chi connectivity index (χ1n) is 6.64. The Hall–Kier alpha value is -2.07. The number of aromatic amines is 1. The van der Waals surface area contributed by atoms with Gasteiger partial charge in [0.1, 0.15) is 5.75 Å². The van der Waals surface area contributed by atoms with Crippen LogP contribution in [0.15, 0.2) is 42.5 Å². The van der Waals surface area contributed by atoms with Crippen molar-refractivity contribution in [3.63, 3.8) is 0 Å². The standard InChI is InChI=1S/C16H16N2OS/c1-3-19-15-7-5-4-6-13(15)18-14-10-11(2)8-9-12(14)17-16(18)20/h4-10H,3H2,1-2H3,(H,17,20). The van der Waals surface area contributed by atoms with E-state index in [1.807, 2.05) is 35.8 Å². The fraction of sp³-hybridized carbons (Fsp3) is 0.188. The maximum absolute atomic E-state index is 5.71. The number of imidazole rings is 1. The van der Waals surface area contributed by atoms with Gasteiger partial charge in [-0.05, 0) is 55.9 Å². The molecule has 0 fully saturated rings. The van der Waals surface area contributed by atoms with E-state index in [9.17, 15) is 0 Å². The molecule has 2 aromatic carbocycles. The highest BCUT2D eigenvalue weighted by molar-refractivity contribution is 7.71. The molecule has 0 aliphatic carbocycles. The molecule has 0 spiro atoms. The zero-order chi connectivity index (χ0) is 14.1. The van der Waals surface area contributed by atoms with Gasteiger partial charge in [0.25, 0.3) is 0 Å². The number of benzene rings is 2. The van der Waals surface area contributed by atoms with Crippen molar-refractivity contribution >= 4 is 23.3 Å². The van der Waals surface area contributed by atoms with Crippen molar-refractivity contribution in [2.75, 3.05) is 6.61 Å². The molecule has 0 saturated carbocycles. The number of para-hydroxylation sites is 2. The number of aryl methyl sites for hydroxylation is 1. The Balaban J connectivity index is 2.32. The first kappa shape index (κ1) is 12.9. The molecule has 0 amide bonds. The summed E-state index contributed by atoms with van der Waals surface area (Å²) >= 11 is 5.47. The second kappa shape index (κ2) is 5.13. The average Bonchev–Trinajstić information content (AvgIpc) is 2.75. The average molecular weight is 284 g/mol. The summed E-state index contributed by atoms with van der Waals surface area (Å²) in [5.41, 5.74) is 4.28. The SMILES string of the molecule is CCOc1ccccc1-n1c(=S)[nH]c2ccc(C)cc21. The van der Waals surface area contributed by atoms with E-state index in [0.717, 1.165) is 22.5 Å². The van der Waals surface area contributed by atoms with Crippen LogP contribution in [0.1, 0.15) is 12.5 Å². The quantitative estimate of drug-likeness (QED) is 0.723. The van der Waals surface area contributed by atoms with Gasteiger partial charge in [0.15, 0.2) is 4.77 Å². The fourth-order valence-corrected chi connectivity index (χ4v) is 2.68. The molecule has 0 unspecified atom stereocenters. The highest BCUT2D eigenvalue weighted by atomic mass is 32.1. The highest BCUT2D eigenvalue weighted by Crippen LogP contribution is 2.27. The van der Waals surface area contributed by atoms with Crippen molar-refractivity contribution in [1.82, 2.24) is 9.55 Å². The molecular formula is C16H16N2OS. The van der Waals surface area contributed by atoms with Crippen LogP contribution in [0.4, 0.5) is 0 Å². The summed E-state index contributed by atoms with van der Waals surface area (Å²) in [6.07, 6.45) is 0. The van der Waals surface area contributed by atoms with Gasteiger partial charge in [0, 0.05) is 0 Å². The predicted octanol–water partition coefficient (Wildman–Crippen LogP) is 4.40. The van der Waals surface area contributed by atoms with Crippen LogP contribution in [0.25, 0.3) is 16.7 Å². The van der Waals surface area contributed by atoms with Crippen molar-refractivity contribution < 1.29 is 4.74 Å². The zero-order valence-corrected chi connectivity index (χ0v) is 12.3. The maximum Gasteiger partial charge on any atom is 0.182 e. The first-order chi connectivity index (χ1) is 9.70. The van der Waals surface area contributed by atoms with Crippen LogP contribution in [-0.4, -0.2) is 16.2 Å². The number of fused-ring (bicyclic) bond motifs is 1. The number of nitrogens with one attached hydrogen (secondary N) is 1. The van der Waals surface area contributed by atoms with Crippen LogP contribution < -0.4 is 4.74 Å². The largest absolute Gasteiger partial charge is 0.492 e. The Morgan fingerprint density at radius 2 is 2.00 bits per heavy atom. The molecule has 0 atom stereocenters. The lowest BCUT2D eigenvalue weighted by atomic mass is 10.2. The van der Waals surface area contributed by atoms with E-state index in [4.69, 9.17) is 17.0 Å². The Morgan fingerprint density at radius 1 is 1.20 bits per heavy atom. The lowest BCUT2D eigenvalue weighted by Crippen LogP contribution is -2.00. The van der Waals surface area contributed by atoms with Gasteiger partial charge in [0.2, 0.25) is 0 Å². The normalized spacial score (nSPS) is 10.9. The summed E-state index contributed by atoms with van der Waals surface area (Å²) in [6.45, 7) is 4.69. The third kappa shape index (κ3) is 2.12. The van der Waals surface area contributed by atoms with E-state index in [2.05, 4.69) is 30.1 Å². The number of aromatic nitrogens is 2. The smallest absolute Gasteiger partial charge is 0.182 e. The molecule has 0 aliphatic rings. The van der Waals surface area contributed by atoms with E-state index in [1.165, 1.54) is 5.56 Å². The van der Waals surface area contributed by atoms with E-state index in [0.29, 0.717) is 11.4 Å². The van der Waals surface area contributed by atoms with Crippen molar-refractivity contribution in [1.29, 1.82) is 0 Å². The number of rotatable bonds is 3. The summed E-state index contributed by atoms with van der Waals surface area (Å²) < 4.78 is 8.42. The van der Waals surface area contributed by atoms with Gasteiger partial charge < -0.3 is 9.72 Å². The monoisotopic (exact) mass is 284 g/mol. The summed E-state index contributed by atoms with van der Waals surface area (Å²) in [6, 6.07) is 14.2. The predicted molar refractivity (Wildman–Crippen MR) is 84.4 cm³/mol. The molecule has 1 aromatic heterocycles. The summed E-state index contributed by atoms with van der Waals surface area (Å²) in [5.74, 6) is 0.841. The lowest BCUT2D eigenvalue weighted by Gasteiger charge is -2.11. The summed E-state index contributed by atoms with van der Waals surface area (Å²) in [5, 5.41) is 0. The number of hydrogen-bond acceptors (Lipinski definition) is 2. The first-order valence-corrected chi connectivity index (χ1v) is 7.05. The molecule has 0 radical (unpaired) electrons. The second-order valence-electron chi connectivity index (χ2n) is 4.69. The van der Waals surface area contributed by atoms with E-state index in [1.54, 1.807) is 0 Å². The third-order valence-electron chi connectivity index (χ3n) is 3.24. The van der Waals surface area contributed by atoms with Gasteiger partial charge in [-0.2, -0.15) is 0 Å². The molecule has 0 bridgehead atoms. The van der Waals surface area contributed by atoms with Gasteiger partial charge in [-0.3, -0.25) is 4.57 Å². The molecule has 3 aromatic rings.